The number of aromatic nitrogens is 1. The van der Waals surface area contributed by atoms with E-state index in [-0.39, 0.29) is 23.7 Å². The fourth-order valence-corrected chi connectivity index (χ4v) is 2.29. The molecule has 5 heteroatoms. The number of benzene rings is 1. The van der Waals surface area contributed by atoms with Crippen molar-refractivity contribution in [2.24, 2.45) is 5.92 Å². The van der Waals surface area contributed by atoms with Crippen LogP contribution in [0.5, 0.6) is 0 Å². The molecule has 0 aliphatic carbocycles. The third-order valence-electron chi connectivity index (χ3n) is 3.74. The average Bonchev–Trinajstić information content (AvgIpc) is 2.99. The van der Waals surface area contributed by atoms with Gasteiger partial charge < -0.3 is 9.73 Å². The minimum atomic E-state index is -0.303. The number of halogens is 1. The van der Waals surface area contributed by atoms with Crippen molar-refractivity contribution in [2.75, 3.05) is 0 Å². The smallest absolute Gasteiger partial charge is 0.223 e. The third-order valence-corrected chi connectivity index (χ3v) is 3.74. The van der Waals surface area contributed by atoms with Gasteiger partial charge >= 0.3 is 0 Å². The summed E-state index contributed by atoms with van der Waals surface area (Å²) >= 11 is 0. The van der Waals surface area contributed by atoms with Gasteiger partial charge in [0.25, 0.3) is 0 Å². The van der Waals surface area contributed by atoms with Crippen LogP contribution >= 0.6 is 0 Å². The summed E-state index contributed by atoms with van der Waals surface area (Å²) in [6.45, 7) is 5.83. The van der Waals surface area contributed by atoms with Crippen molar-refractivity contribution in [1.82, 2.24) is 10.3 Å². The molecule has 22 heavy (non-hydrogen) atoms. The molecular formula is C17H21FN2O2. The number of carbonyl (C=O) groups excluding carboxylic acids is 1. The van der Waals surface area contributed by atoms with Crippen molar-refractivity contribution in [3.63, 3.8) is 0 Å². The van der Waals surface area contributed by atoms with E-state index in [2.05, 4.69) is 10.3 Å². The van der Waals surface area contributed by atoms with E-state index in [9.17, 15) is 9.18 Å². The first kappa shape index (κ1) is 16.2. The van der Waals surface area contributed by atoms with Crippen LogP contribution in [0.1, 0.15) is 45.5 Å². The fourth-order valence-electron chi connectivity index (χ4n) is 2.29. The van der Waals surface area contributed by atoms with E-state index in [4.69, 9.17) is 4.42 Å². The van der Waals surface area contributed by atoms with Gasteiger partial charge in [-0.15, -0.1) is 0 Å². The van der Waals surface area contributed by atoms with Gasteiger partial charge in [0.05, 0.1) is 6.20 Å². The highest BCUT2D eigenvalue weighted by Gasteiger charge is 2.20. The van der Waals surface area contributed by atoms with E-state index in [0.717, 1.165) is 18.4 Å². The number of carbonyl (C=O) groups is 1. The summed E-state index contributed by atoms with van der Waals surface area (Å²) in [5.41, 5.74) is 0.749. The van der Waals surface area contributed by atoms with Crippen LogP contribution < -0.4 is 5.32 Å². The Morgan fingerprint density at radius 3 is 2.50 bits per heavy atom. The van der Waals surface area contributed by atoms with Crippen molar-refractivity contribution in [3.05, 3.63) is 42.2 Å². The van der Waals surface area contributed by atoms with Crippen LogP contribution in [-0.4, -0.2) is 10.9 Å². The standard InChI is InChI=1S/C17H21FN2O2/c1-4-12(5-2)16(21)20-11(3)17-19-10-15(22-17)13-6-8-14(18)9-7-13/h6-12H,4-5H2,1-3H3,(H,20,21). The molecule has 1 unspecified atom stereocenters. The monoisotopic (exact) mass is 304 g/mol. The minimum absolute atomic E-state index is 0.00832. The largest absolute Gasteiger partial charge is 0.438 e. The lowest BCUT2D eigenvalue weighted by Crippen LogP contribution is -2.32. The molecule has 2 aromatic rings. The highest BCUT2D eigenvalue weighted by atomic mass is 19.1. The molecule has 118 valence electrons. The first-order valence-corrected chi connectivity index (χ1v) is 7.57. The second-order valence-electron chi connectivity index (χ2n) is 5.31. The highest BCUT2D eigenvalue weighted by molar-refractivity contribution is 5.78. The number of nitrogens with zero attached hydrogens (tertiary/aromatic N) is 1. The van der Waals surface area contributed by atoms with Crippen LogP contribution in [-0.2, 0) is 4.79 Å². The Balaban J connectivity index is 2.07. The van der Waals surface area contributed by atoms with Gasteiger partial charge in [0.2, 0.25) is 11.8 Å². The molecule has 0 bridgehead atoms. The van der Waals surface area contributed by atoms with Crippen LogP contribution in [0.15, 0.2) is 34.9 Å². The SMILES string of the molecule is CCC(CC)C(=O)NC(C)c1ncc(-c2ccc(F)cc2)o1. The van der Waals surface area contributed by atoms with Gasteiger partial charge in [0, 0.05) is 11.5 Å². The summed E-state index contributed by atoms with van der Waals surface area (Å²) < 4.78 is 18.6. The zero-order valence-electron chi connectivity index (χ0n) is 13.1. The Morgan fingerprint density at radius 2 is 1.91 bits per heavy atom. The van der Waals surface area contributed by atoms with Gasteiger partial charge in [-0.05, 0) is 44.0 Å². The van der Waals surface area contributed by atoms with Gasteiger partial charge in [0.1, 0.15) is 11.9 Å². The lowest BCUT2D eigenvalue weighted by Gasteiger charge is -2.16. The van der Waals surface area contributed by atoms with Crippen molar-refractivity contribution in [1.29, 1.82) is 0 Å². The molecule has 1 aromatic heterocycles. The topological polar surface area (TPSA) is 55.1 Å². The predicted molar refractivity (Wildman–Crippen MR) is 82.5 cm³/mol. The van der Waals surface area contributed by atoms with E-state index < -0.39 is 0 Å². The molecule has 1 atom stereocenters. The number of nitrogens with one attached hydrogen (secondary N) is 1. The average molecular weight is 304 g/mol. The maximum atomic E-state index is 12.9. The van der Waals surface area contributed by atoms with E-state index in [1.54, 1.807) is 18.3 Å². The maximum absolute atomic E-state index is 12.9. The van der Waals surface area contributed by atoms with Gasteiger partial charge in [-0.1, -0.05) is 13.8 Å². The van der Waals surface area contributed by atoms with Crippen LogP contribution in [0.4, 0.5) is 4.39 Å². The maximum Gasteiger partial charge on any atom is 0.223 e. The van der Waals surface area contributed by atoms with Crippen molar-refractivity contribution in [3.8, 4) is 11.3 Å². The number of rotatable bonds is 6. The number of hydrogen-bond donors (Lipinski definition) is 1. The first-order chi connectivity index (χ1) is 10.5. The molecule has 0 radical (unpaired) electrons. The molecule has 0 aliphatic heterocycles. The molecule has 4 nitrogen and oxygen atoms in total. The van der Waals surface area contributed by atoms with Crippen LogP contribution in [0, 0.1) is 11.7 Å². The summed E-state index contributed by atoms with van der Waals surface area (Å²) in [5.74, 6) is 0.722. The molecule has 1 heterocycles. The van der Waals surface area contributed by atoms with Gasteiger partial charge in [0.15, 0.2) is 5.76 Å². The second kappa shape index (κ2) is 7.20. The molecule has 0 saturated heterocycles. The van der Waals surface area contributed by atoms with Gasteiger partial charge in [-0.3, -0.25) is 4.79 Å². The Labute approximate surface area is 129 Å². The van der Waals surface area contributed by atoms with E-state index in [1.165, 1.54) is 12.1 Å². The highest BCUT2D eigenvalue weighted by Crippen LogP contribution is 2.23. The fraction of sp³-hybridized carbons (Fsp3) is 0.412. The summed E-state index contributed by atoms with van der Waals surface area (Å²) in [6, 6.07) is 5.70. The van der Waals surface area contributed by atoms with Crippen LogP contribution in [0.2, 0.25) is 0 Å². The first-order valence-electron chi connectivity index (χ1n) is 7.57. The Morgan fingerprint density at radius 1 is 1.27 bits per heavy atom. The van der Waals surface area contributed by atoms with E-state index in [1.807, 2.05) is 20.8 Å². The summed E-state index contributed by atoms with van der Waals surface area (Å²) in [4.78, 5) is 16.3. The Bertz CT molecular complexity index is 618. The van der Waals surface area contributed by atoms with Gasteiger partial charge in [-0.25, -0.2) is 9.37 Å². The normalized spacial score (nSPS) is 12.4. The molecule has 0 aliphatic rings. The quantitative estimate of drug-likeness (QED) is 0.874. The molecule has 1 aromatic carbocycles. The van der Waals surface area contributed by atoms with E-state index in [0.29, 0.717) is 11.7 Å². The Kier molecular flexibility index (Phi) is 5.31. The van der Waals surface area contributed by atoms with E-state index >= 15 is 0 Å². The second-order valence-corrected chi connectivity index (χ2v) is 5.31. The molecule has 0 spiro atoms. The minimum Gasteiger partial charge on any atom is -0.438 e. The van der Waals surface area contributed by atoms with Crippen molar-refractivity contribution >= 4 is 5.91 Å². The Hall–Kier alpha value is -2.17. The number of hydrogen-bond acceptors (Lipinski definition) is 3. The number of oxazole rings is 1. The summed E-state index contributed by atoms with van der Waals surface area (Å²) in [6.07, 6.45) is 3.20. The summed E-state index contributed by atoms with van der Waals surface area (Å²) in [5, 5.41) is 2.92. The zero-order valence-corrected chi connectivity index (χ0v) is 13.1. The molecular weight excluding hydrogens is 283 g/mol. The van der Waals surface area contributed by atoms with Crippen molar-refractivity contribution < 1.29 is 13.6 Å². The molecule has 0 fully saturated rings. The summed E-state index contributed by atoms with van der Waals surface area (Å²) in [7, 11) is 0. The lowest BCUT2D eigenvalue weighted by atomic mass is 10.0. The van der Waals surface area contributed by atoms with Crippen LogP contribution in [0.25, 0.3) is 11.3 Å². The number of amides is 1. The molecule has 1 amide bonds. The zero-order chi connectivity index (χ0) is 16.1. The molecule has 1 N–H and O–H groups in total. The predicted octanol–water partition coefficient (Wildman–Crippen LogP) is 4.09. The lowest BCUT2D eigenvalue weighted by molar-refractivity contribution is -0.126. The molecule has 2 rings (SSSR count). The molecule has 0 saturated carbocycles. The third kappa shape index (κ3) is 3.72. The van der Waals surface area contributed by atoms with Crippen LogP contribution in [0.3, 0.4) is 0 Å². The van der Waals surface area contributed by atoms with Gasteiger partial charge in [-0.2, -0.15) is 0 Å². The van der Waals surface area contributed by atoms with Crippen molar-refractivity contribution in [2.45, 2.75) is 39.7 Å².